The summed E-state index contributed by atoms with van der Waals surface area (Å²) in [5.41, 5.74) is 2.28. The third kappa shape index (κ3) is 7.31. The Morgan fingerprint density at radius 2 is 1.05 bits per heavy atom. The van der Waals surface area contributed by atoms with Gasteiger partial charge in [-0.25, -0.2) is 9.59 Å². The summed E-state index contributed by atoms with van der Waals surface area (Å²) in [7, 11) is 0. The number of ether oxygens (including phenoxy) is 2. The van der Waals surface area contributed by atoms with Crippen LogP contribution >= 0.6 is 0 Å². The van der Waals surface area contributed by atoms with Crippen molar-refractivity contribution in [2.24, 2.45) is 0 Å². The predicted molar refractivity (Wildman–Crippen MR) is 130 cm³/mol. The van der Waals surface area contributed by atoms with Gasteiger partial charge in [0.1, 0.15) is 13.2 Å². The van der Waals surface area contributed by atoms with Crippen molar-refractivity contribution in [3.8, 4) is 23.0 Å². The molecule has 0 radical (unpaired) electrons. The predicted octanol–water partition coefficient (Wildman–Crippen LogP) is 1.21. The quantitative estimate of drug-likeness (QED) is 0.163. The number of phenols is 4. The summed E-state index contributed by atoms with van der Waals surface area (Å²) in [6.07, 6.45) is -3.30. The van der Waals surface area contributed by atoms with Crippen molar-refractivity contribution < 1.29 is 49.7 Å². The molecule has 0 spiro atoms. The molecule has 0 aliphatic carbocycles. The molecule has 2 unspecified atom stereocenters. The first kappa shape index (κ1) is 28.2. The van der Waals surface area contributed by atoms with Gasteiger partial charge in [-0.3, -0.25) is 9.97 Å². The van der Waals surface area contributed by atoms with Crippen LogP contribution in [-0.4, -0.2) is 64.8 Å². The molecule has 12 heteroatoms. The largest absolute Gasteiger partial charge is 0.504 e. The Hall–Kier alpha value is -4.42. The third-order valence-electron chi connectivity index (χ3n) is 5.62. The van der Waals surface area contributed by atoms with E-state index in [-0.39, 0.29) is 49.1 Å². The molecule has 2 atom stereocenters. The monoisotopic (exact) mass is 528 g/mol. The van der Waals surface area contributed by atoms with E-state index in [4.69, 9.17) is 9.47 Å². The van der Waals surface area contributed by atoms with Gasteiger partial charge in [-0.2, -0.15) is 0 Å². The van der Waals surface area contributed by atoms with Gasteiger partial charge in [0.2, 0.25) is 0 Å². The molecule has 0 aliphatic heterocycles. The van der Waals surface area contributed by atoms with Crippen LogP contribution in [0.15, 0.2) is 36.4 Å². The molecule has 202 valence electrons. The topological polar surface area (TPSA) is 200 Å². The van der Waals surface area contributed by atoms with Crippen LogP contribution in [0.25, 0.3) is 0 Å². The molecule has 3 aromatic rings. The number of carbonyl (C=O) groups is 2. The minimum atomic E-state index is -1.51. The molecule has 1 aromatic heterocycles. The number of rotatable bonds is 10. The van der Waals surface area contributed by atoms with Crippen LogP contribution in [0.3, 0.4) is 0 Å². The first-order chi connectivity index (χ1) is 17.9. The highest BCUT2D eigenvalue weighted by Gasteiger charge is 2.21. The molecule has 0 saturated carbocycles. The fourth-order valence-electron chi connectivity index (χ4n) is 3.45. The average Bonchev–Trinajstić information content (AvgIpc) is 2.87. The lowest BCUT2D eigenvalue weighted by Crippen LogP contribution is -2.26. The molecule has 38 heavy (non-hydrogen) atoms. The van der Waals surface area contributed by atoms with Gasteiger partial charge in [0.05, 0.1) is 22.8 Å². The number of hydrogen-bond acceptors (Lipinski definition) is 12. The van der Waals surface area contributed by atoms with Crippen LogP contribution < -0.4 is 0 Å². The molecule has 0 aliphatic rings. The van der Waals surface area contributed by atoms with E-state index in [1.54, 1.807) is 13.8 Å². The molecule has 3 rings (SSSR count). The Balaban J connectivity index is 1.53. The molecular formula is C26H28N2O10. The highest BCUT2D eigenvalue weighted by atomic mass is 16.6. The molecule has 6 N–H and O–H groups in total. The first-order valence-corrected chi connectivity index (χ1v) is 11.5. The van der Waals surface area contributed by atoms with E-state index in [0.29, 0.717) is 33.9 Å². The Labute approximate surface area is 217 Å². The summed E-state index contributed by atoms with van der Waals surface area (Å²) in [5, 5.41) is 58.0. The number of aliphatic hydroxyl groups is 2. The van der Waals surface area contributed by atoms with Gasteiger partial charge in [-0.05, 0) is 49.2 Å². The molecule has 2 aromatic carbocycles. The summed E-state index contributed by atoms with van der Waals surface area (Å²) in [4.78, 5) is 33.1. The van der Waals surface area contributed by atoms with E-state index in [0.717, 1.165) is 0 Å². The lowest BCUT2D eigenvalue weighted by Gasteiger charge is -2.14. The van der Waals surface area contributed by atoms with Crippen molar-refractivity contribution in [1.82, 2.24) is 9.97 Å². The number of esters is 2. The third-order valence-corrected chi connectivity index (χ3v) is 5.62. The number of aromatic nitrogens is 2. The number of aryl methyl sites for hydroxylation is 2. The van der Waals surface area contributed by atoms with Crippen molar-refractivity contribution >= 4 is 11.9 Å². The van der Waals surface area contributed by atoms with Crippen molar-refractivity contribution in [2.75, 3.05) is 0 Å². The van der Waals surface area contributed by atoms with Gasteiger partial charge in [-0.15, -0.1) is 0 Å². The Morgan fingerprint density at radius 1 is 0.684 bits per heavy atom. The fourth-order valence-corrected chi connectivity index (χ4v) is 3.45. The zero-order valence-electron chi connectivity index (χ0n) is 20.7. The summed E-state index contributed by atoms with van der Waals surface area (Å²) in [6, 6.07) is 7.85. The van der Waals surface area contributed by atoms with Gasteiger partial charge in [0.25, 0.3) is 0 Å². The molecule has 0 saturated heterocycles. The number of hydrogen-bond donors (Lipinski definition) is 6. The van der Waals surface area contributed by atoms with Crippen molar-refractivity contribution in [2.45, 2.75) is 52.1 Å². The molecule has 0 bridgehead atoms. The van der Waals surface area contributed by atoms with Crippen LogP contribution in [-0.2, 0) is 45.1 Å². The van der Waals surface area contributed by atoms with E-state index in [1.165, 1.54) is 36.4 Å². The SMILES string of the molecule is Cc1nc(COC(=O)C(O)Cc2ccc(O)c(O)c2)c(C)nc1COC(=O)C(O)Cc1ccc(O)c(O)c1. The zero-order chi connectivity index (χ0) is 28.0. The summed E-state index contributed by atoms with van der Waals surface area (Å²) in [6.45, 7) is 2.69. The van der Waals surface area contributed by atoms with Gasteiger partial charge >= 0.3 is 11.9 Å². The molecular weight excluding hydrogens is 500 g/mol. The maximum Gasteiger partial charge on any atom is 0.335 e. The van der Waals surface area contributed by atoms with Crippen LogP contribution in [0.4, 0.5) is 0 Å². The van der Waals surface area contributed by atoms with Crippen LogP contribution in [0, 0.1) is 13.8 Å². The second kappa shape index (κ2) is 12.2. The van der Waals surface area contributed by atoms with Crippen molar-refractivity contribution in [1.29, 1.82) is 0 Å². The Kier molecular flexibility index (Phi) is 9.05. The van der Waals surface area contributed by atoms with Crippen LogP contribution in [0.1, 0.15) is 33.9 Å². The summed E-state index contributed by atoms with van der Waals surface area (Å²) in [5.74, 6) is -3.21. The molecule has 0 amide bonds. The summed E-state index contributed by atoms with van der Waals surface area (Å²) < 4.78 is 10.3. The second-order valence-corrected chi connectivity index (χ2v) is 8.59. The Morgan fingerprint density at radius 3 is 1.39 bits per heavy atom. The number of benzene rings is 2. The van der Waals surface area contributed by atoms with Crippen molar-refractivity contribution in [3.05, 3.63) is 70.3 Å². The van der Waals surface area contributed by atoms with Crippen LogP contribution in [0.5, 0.6) is 23.0 Å². The standard InChI is InChI=1S/C26H28N2O10/c1-13-17(11-37-25(35)23(33)9-15-3-5-19(29)21(31)7-15)28-14(2)18(27-13)12-38-26(36)24(34)10-16-4-6-20(30)22(32)8-16/h3-8,23-24,29-34H,9-12H2,1-2H3. The van der Waals surface area contributed by atoms with Gasteiger partial charge in [0.15, 0.2) is 35.2 Å². The van der Waals surface area contributed by atoms with E-state index in [2.05, 4.69) is 9.97 Å². The van der Waals surface area contributed by atoms with Crippen LogP contribution in [0.2, 0.25) is 0 Å². The van der Waals surface area contributed by atoms with E-state index >= 15 is 0 Å². The fraction of sp³-hybridized carbons (Fsp3) is 0.308. The normalized spacial score (nSPS) is 12.5. The highest BCUT2D eigenvalue weighted by molar-refractivity contribution is 5.75. The minimum Gasteiger partial charge on any atom is -0.504 e. The number of carbonyl (C=O) groups excluding carboxylic acids is 2. The van der Waals surface area contributed by atoms with E-state index in [9.17, 15) is 40.2 Å². The number of aliphatic hydroxyl groups excluding tert-OH is 2. The first-order valence-electron chi connectivity index (χ1n) is 11.5. The van der Waals surface area contributed by atoms with Gasteiger partial charge in [0, 0.05) is 12.8 Å². The number of phenolic OH excluding ortho intramolecular Hbond substituents is 4. The lowest BCUT2D eigenvalue weighted by molar-refractivity contribution is -0.155. The zero-order valence-corrected chi connectivity index (χ0v) is 20.7. The highest BCUT2D eigenvalue weighted by Crippen LogP contribution is 2.26. The Bertz CT molecular complexity index is 1230. The van der Waals surface area contributed by atoms with Gasteiger partial charge in [-0.1, -0.05) is 12.1 Å². The molecule has 1 heterocycles. The van der Waals surface area contributed by atoms with Crippen molar-refractivity contribution in [3.63, 3.8) is 0 Å². The molecule has 0 fully saturated rings. The molecule has 12 nitrogen and oxygen atoms in total. The summed E-state index contributed by atoms with van der Waals surface area (Å²) >= 11 is 0. The smallest absolute Gasteiger partial charge is 0.335 e. The van der Waals surface area contributed by atoms with E-state index in [1.807, 2.05) is 0 Å². The number of aromatic hydroxyl groups is 4. The lowest BCUT2D eigenvalue weighted by atomic mass is 10.1. The van der Waals surface area contributed by atoms with Gasteiger partial charge < -0.3 is 40.1 Å². The van der Waals surface area contributed by atoms with E-state index < -0.39 is 24.1 Å². The second-order valence-electron chi connectivity index (χ2n) is 8.59. The maximum absolute atomic E-state index is 12.2. The maximum atomic E-state index is 12.2. The average molecular weight is 529 g/mol. The minimum absolute atomic E-state index is 0.138. The number of nitrogens with zero attached hydrogens (tertiary/aromatic N) is 2.